The Labute approximate surface area is 179 Å². The molecule has 156 valence electrons. The van der Waals surface area contributed by atoms with Crippen LogP contribution >= 0.6 is 0 Å². The smallest absolute Gasteiger partial charge is 0.240 e. The first-order valence-electron chi connectivity index (χ1n) is 10.2. The summed E-state index contributed by atoms with van der Waals surface area (Å²) in [5, 5.41) is 8.70. The van der Waals surface area contributed by atoms with E-state index in [4.69, 9.17) is 5.10 Å². The number of carbonyl (C=O) groups excluding carboxylic acids is 2. The van der Waals surface area contributed by atoms with E-state index in [1.54, 1.807) is 12.4 Å². The van der Waals surface area contributed by atoms with Crippen molar-refractivity contribution in [1.82, 2.24) is 24.6 Å². The highest BCUT2D eigenvalue weighted by Crippen LogP contribution is 2.33. The van der Waals surface area contributed by atoms with Crippen LogP contribution in [0, 0.1) is 0 Å². The number of aromatic nitrogens is 4. The summed E-state index contributed by atoms with van der Waals surface area (Å²) < 4.78 is 3.88. The number of anilines is 1. The van der Waals surface area contributed by atoms with Gasteiger partial charge in [-0.25, -0.2) is 4.68 Å². The molecular formula is C23H22N6O2. The first kappa shape index (κ1) is 19.0. The maximum Gasteiger partial charge on any atom is 0.240 e. The van der Waals surface area contributed by atoms with E-state index in [9.17, 15) is 9.59 Å². The van der Waals surface area contributed by atoms with Gasteiger partial charge in [0.2, 0.25) is 11.8 Å². The molecule has 0 aliphatic carbocycles. The van der Waals surface area contributed by atoms with Crippen molar-refractivity contribution in [2.75, 3.05) is 11.4 Å². The van der Waals surface area contributed by atoms with Crippen LogP contribution in [0.25, 0.3) is 22.2 Å². The summed E-state index contributed by atoms with van der Waals surface area (Å²) in [5.41, 5.74) is 3.82. The number of benzene rings is 1. The first-order valence-corrected chi connectivity index (χ1v) is 10.2. The summed E-state index contributed by atoms with van der Waals surface area (Å²) in [6, 6.07) is 13.8. The SMILES string of the molecule is Cn1cc(-c2cc3n(n2)CCC(=O)N3CC(=O)NCc2cccnc2)c2ccccc21. The second kappa shape index (κ2) is 7.71. The lowest BCUT2D eigenvalue weighted by Gasteiger charge is -2.26. The standard InChI is InChI=1S/C23H22N6O2/c1-27-14-18(17-6-2-3-7-20(17)27)19-11-22-28(23(31)8-10-29(22)26-19)15-21(30)25-13-16-5-4-9-24-12-16/h2-7,9,11-12,14H,8,10,13,15H2,1H3,(H,25,30). The Kier molecular flexibility index (Phi) is 4.74. The molecule has 31 heavy (non-hydrogen) atoms. The Bertz CT molecular complexity index is 1270. The van der Waals surface area contributed by atoms with Gasteiger partial charge in [-0.3, -0.25) is 19.5 Å². The number of aryl methyl sites for hydroxylation is 2. The van der Waals surface area contributed by atoms with Crippen LogP contribution in [-0.4, -0.2) is 37.7 Å². The van der Waals surface area contributed by atoms with Gasteiger partial charge in [0.25, 0.3) is 0 Å². The third kappa shape index (κ3) is 3.56. The second-order valence-electron chi connectivity index (χ2n) is 7.65. The minimum absolute atomic E-state index is 0.0419. The average Bonchev–Trinajstić information content (AvgIpc) is 3.37. The molecule has 0 saturated carbocycles. The van der Waals surface area contributed by atoms with Crippen LogP contribution < -0.4 is 10.2 Å². The summed E-state index contributed by atoms with van der Waals surface area (Å²) in [4.78, 5) is 30.7. The molecule has 1 aromatic carbocycles. The van der Waals surface area contributed by atoms with Gasteiger partial charge in [0, 0.05) is 61.1 Å². The number of hydrogen-bond donors (Lipinski definition) is 1. The lowest BCUT2D eigenvalue weighted by Crippen LogP contribution is -2.44. The lowest BCUT2D eigenvalue weighted by molar-refractivity contribution is -0.124. The fraction of sp³-hybridized carbons (Fsp3) is 0.217. The third-order valence-corrected chi connectivity index (χ3v) is 5.56. The molecule has 5 rings (SSSR count). The predicted molar refractivity (Wildman–Crippen MR) is 117 cm³/mol. The monoisotopic (exact) mass is 414 g/mol. The maximum atomic E-state index is 12.6. The largest absolute Gasteiger partial charge is 0.350 e. The van der Waals surface area contributed by atoms with Gasteiger partial charge in [-0.05, 0) is 17.7 Å². The van der Waals surface area contributed by atoms with Crippen LogP contribution in [0.4, 0.5) is 5.82 Å². The molecule has 0 radical (unpaired) electrons. The number of nitrogens with one attached hydrogen (secondary N) is 1. The molecule has 2 amide bonds. The summed E-state index contributed by atoms with van der Waals surface area (Å²) in [7, 11) is 2.00. The van der Waals surface area contributed by atoms with Gasteiger partial charge in [-0.15, -0.1) is 0 Å². The first-order chi connectivity index (χ1) is 15.1. The Morgan fingerprint density at radius 1 is 1.19 bits per heavy atom. The molecule has 4 heterocycles. The molecule has 8 nitrogen and oxygen atoms in total. The minimum Gasteiger partial charge on any atom is -0.350 e. The average molecular weight is 414 g/mol. The molecule has 0 unspecified atom stereocenters. The number of fused-ring (bicyclic) bond motifs is 2. The summed E-state index contributed by atoms with van der Waals surface area (Å²) >= 11 is 0. The van der Waals surface area contributed by atoms with Crippen molar-refractivity contribution in [2.45, 2.75) is 19.5 Å². The van der Waals surface area contributed by atoms with Crippen molar-refractivity contribution in [2.24, 2.45) is 7.05 Å². The van der Waals surface area contributed by atoms with Gasteiger partial charge in [0.05, 0.1) is 12.2 Å². The molecule has 1 aliphatic rings. The van der Waals surface area contributed by atoms with Crippen LogP contribution in [0.1, 0.15) is 12.0 Å². The molecule has 0 atom stereocenters. The van der Waals surface area contributed by atoms with Gasteiger partial charge in [-0.2, -0.15) is 5.10 Å². The molecule has 0 saturated heterocycles. The van der Waals surface area contributed by atoms with Crippen LogP contribution in [0.15, 0.2) is 61.1 Å². The van der Waals surface area contributed by atoms with E-state index < -0.39 is 0 Å². The number of rotatable bonds is 5. The van der Waals surface area contributed by atoms with E-state index in [-0.39, 0.29) is 18.4 Å². The maximum absolute atomic E-state index is 12.6. The lowest BCUT2D eigenvalue weighted by atomic mass is 10.1. The molecule has 1 aliphatic heterocycles. The van der Waals surface area contributed by atoms with Crippen molar-refractivity contribution < 1.29 is 9.59 Å². The van der Waals surface area contributed by atoms with E-state index in [1.165, 1.54) is 4.90 Å². The second-order valence-corrected chi connectivity index (χ2v) is 7.65. The molecule has 1 N–H and O–H groups in total. The van der Waals surface area contributed by atoms with E-state index in [2.05, 4.69) is 27.0 Å². The molecule has 0 spiro atoms. The molecule has 4 aromatic rings. The van der Waals surface area contributed by atoms with Crippen molar-refractivity contribution in [3.05, 3.63) is 66.6 Å². The van der Waals surface area contributed by atoms with E-state index >= 15 is 0 Å². The number of hydrogen-bond acceptors (Lipinski definition) is 4. The van der Waals surface area contributed by atoms with Crippen molar-refractivity contribution in [1.29, 1.82) is 0 Å². The Morgan fingerprint density at radius 2 is 2.06 bits per heavy atom. The summed E-state index contributed by atoms with van der Waals surface area (Å²) in [5.74, 6) is 0.350. The topological polar surface area (TPSA) is 85.0 Å². The highest BCUT2D eigenvalue weighted by molar-refractivity contribution is 6.00. The van der Waals surface area contributed by atoms with Gasteiger partial charge in [-0.1, -0.05) is 24.3 Å². The highest BCUT2D eigenvalue weighted by atomic mass is 16.2. The Morgan fingerprint density at radius 3 is 2.90 bits per heavy atom. The van der Waals surface area contributed by atoms with E-state index in [1.807, 2.05) is 48.3 Å². The third-order valence-electron chi connectivity index (χ3n) is 5.56. The van der Waals surface area contributed by atoms with Crippen LogP contribution in [0.2, 0.25) is 0 Å². The van der Waals surface area contributed by atoms with Crippen LogP contribution in [-0.2, 0) is 29.7 Å². The van der Waals surface area contributed by atoms with Gasteiger partial charge >= 0.3 is 0 Å². The van der Waals surface area contributed by atoms with Crippen LogP contribution in [0.3, 0.4) is 0 Å². The Balaban J connectivity index is 1.40. The zero-order valence-corrected chi connectivity index (χ0v) is 17.2. The zero-order valence-electron chi connectivity index (χ0n) is 17.2. The van der Waals surface area contributed by atoms with Crippen molar-refractivity contribution in [3.63, 3.8) is 0 Å². The fourth-order valence-corrected chi connectivity index (χ4v) is 4.00. The summed E-state index contributed by atoms with van der Waals surface area (Å²) in [6.45, 7) is 0.835. The van der Waals surface area contributed by atoms with Gasteiger partial charge in [0.15, 0.2) is 0 Å². The molecule has 0 fully saturated rings. The van der Waals surface area contributed by atoms with E-state index in [0.717, 1.165) is 27.7 Å². The number of para-hydroxylation sites is 1. The van der Waals surface area contributed by atoms with Crippen molar-refractivity contribution in [3.8, 4) is 11.3 Å². The molecule has 0 bridgehead atoms. The normalized spacial score (nSPS) is 13.5. The van der Waals surface area contributed by atoms with E-state index in [0.29, 0.717) is 25.3 Å². The van der Waals surface area contributed by atoms with Crippen LogP contribution in [0.5, 0.6) is 0 Å². The number of carbonyl (C=O) groups is 2. The minimum atomic E-state index is -0.224. The number of amides is 2. The summed E-state index contributed by atoms with van der Waals surface area (Å²) in [6.07, 6.45) is 5.76. The quantitative estimate of drug-likeness (QED) is 0.544. The fourth-order valence-electron chi connectivity index (χ4n) is 4.00. The Hall–Kier alpha value is -3.94. The molecular weight excluding hydrogens is 392 g/mol. The number of nitrogens with zero attached hydrogens (tertiary/aromatic N) is 5. The van der Waals surface area contributed by atoms with Gasteiger partial charge < -0.3 is 9.88 Å². The zero-order chi connectivity index (χ0) is 21.4. The number of pyridine rings is 1. The highest BCUT2D eigenvalue weighted by Gasteiger charge is 2.28. The molecule has 8 heteroatoms. The van der Waals surface area contributed by atoms with Gasteiger partial charge in [0.1, 0.15) is 12.4 Å². The molecule has 3 aromatic heterocycles. The van der Waals surface area contributed by atoms with Crippen molar-refractivity contribution >= 4 is 28.5 Å². The predicted octanol–water partition coefficient (Wildman–Crippen LogP) is 2.49.